The number of halogens is 1. The summed E-state index contributed by atoms with van der Waals surface area (Å²) >= 11 is 0. The van der Waals surface area contributed by atoms with Gasteiger partial charge in [0, 0.05) is 19.7 Å². The van der Waals surface area contributed by atoms with Crippen LogP contribution in [0.5, 0.6) is 0 Å². The molecule has 0 aromatic heterocycles. The van der Waals surface area contributed by atoms with Crippen LogP contribution in [0.2, 0.25) is 0 Å². The van der Waals surface area contributed by atoms with Gasteiger partial charge in [0.25, 0.3) is 0 Å². The molecule has 0 aliphatic carbocycles. The molecule has 0 aliphatic heterocycles. The molecule has 2 aromatic carbocycles. The summed E-state index contributed by atoms with van der Waals surface area (Å²) in [5.74, 6) is 0.708. The topological polar surface area (TPSA) is 106 Å². The molecule has 1 atom stereocenters. The molecule has 0 saturated heterocycles. The Morgan fingerprint density at radius 2 is 1.77 bits per heavy atom. The number of sulfonamides is 1. The fraction of sp³-hybridized carbons (Fsp3) is 0.381. The molecule has 0 aliphatic rings. The number of ether oxygens (including phenoxy) is 1. The molecule has 9 heteroatoms. The first-order valence-electron chi connectivity index (χ1n) is 9.70. The van der Waals surface area contributed by atoms with Crippen molar-refractivity contribution in [2.75, 3.05) is 19.7 Å². The van der Waals surface area contributed by atoms with Crippen LogP contribution in [-0.4, -0.2) is 34.1 Å². The maximum Gasteiger partial charge on any atom is 0.238 e. The lowest BCUT2D eigenvalue weighted by Crippen LogP contribution is -2.38. The second kappa shape index (κ2) is 13.6. The lowest BCUT2D eigenvalue weighted by Gasteiger charge is -2.14. The third kappa shape index (κ3) is 9.41. The third-order valence-electron chi connectivity index (χ3n) is 4.27. The van der Waals surface area contributed by atoms with Gasteiger partial charge in [-0.15, -0.1) is 24.0 Å². The Bertz CT molecular complexity index is 875. The highest BCUT2D eigenvalue weighted by atomic mass is 127. The molecular weight excluding hydrogens is 515 g/mol. The highest BCUT2D eigenvalue weighted by molar-refractivity contribution is 14.0. The number of rotatable bonds is 10. The van der Waals surface area contributed by atoms with E-state index >= 15 is 0 Å². The molecular formula is C21H31IN4O3S. The summed E-state index contributed by atoms with van der Waals surface area (Å²) < 4.78 is 28.5. The number of aliphatic imine (C=N–C) groups is 1. The number of nitrogens with two attached hydrogens (primary N) is 1. The third-order valence-corrected chi connectivity index (χ3v) is 5.20. The predicted molar refractivity (Wildman–Crippen MR) is 131 cm³/mol. The average Bonchev–Trinajstić information content (AvgIpc) is 2.71. The van der Waals surface area contributed by atoms with Crippen LogP contribution in [-0.2, 0) is 21.3 Å². The summed E-state index contributed by atoms with van der Waals surface area (Å²) in [7, 11) is -3.67. The Balaban J connectivity index is 0.00000450. The Morgan fingerprint density at radius 3 is 2.37 bits per heavy atom. The van der Waals surface area contributed by atoms with E-state index in [4.69, 9.17) is 9.88 Å². The van der Waals surface area contributed by atoms with E-state index in [2.05, 4.69) is 34.7 Å². The molecule has 0 saturated carbocycles. The molecule has 2 rings (SSSR count). The monoisotopic (exact) mass is 546 g/mol. The van der Waals surface area contributed by atoms with E-state index in [1.54, 1.807) is 12.1 Å². The molecule has 7 nitrogen and oxygen atoms in total. The van der Waals surface area contributed by atoms with Gasteiger partial charge >= 0.3 is 0 Å². The normalized spacial score (nSPS) is 12.7. The number of guanidine groups is 1. The van der Waals surface area contributed by atoms with E-state index < -0.39 is 10.0 Å². The van der Waals surface area contributed by atoms with Crippen molar-refractivity contribution in [1.29, 1.82) is 0 Å². The molecule has 0 fully saturated rings. The fourth-order valence-corrected chi connectivity index (χ4v) is 3.17. The van der Waals surface area contributed by atoms with Gasteiger partial charge < -0.3 is 15.4 Å². The summed E-state index contributed by atoms with van der Waals surface area (Å²) in [5, 5.41) is 11.6. The summed E-state index contributed by atoms with van der Waals surface area (Å²) in [5.41, 5.74) is 2.07. The van der Waals surface area contributed by atoms with Crippen molar-refractivity contribution >= 4 is 40.0 Å². The summed E-state index contributed by atoms with van der Waals surface area (Å²) in [6.45, 7) is 6.62. The van der Waals surface area contributed by atoms with Crippen molar-refractivity contribution in [3.8, 4) is 0 Å². The largest absolute Gasteiger partial charge is 0.374 e. The lowest BCUT2D eigenvalue weighted by atomic mass is 10.1. The quantitative estimate of drug-likeness (QED) is 0.184. The van der Waals surface area contributed by atoms with Gasteiger partial charge in [0.1, 0.15) is 0 Å². The van der Waals surface area contributed by atoms with Gasteiger partial charge in [-0.25, -0.2) is 18.5 Å². The van der Waals surface area contributed by atoms with Crippen LogP contribution in [0.1, 0.15) is 37.5 Å². The van der Waals surface area contributed by atoms with Gasteiger partial charge in [0.2, 0.25) is 10.0 Å². The number of nitrogens with zero attached hydrogens (tertiary/aromatic N) is 1. The number of benzene rings is 2. The van der Waals surface area contributed by atoms with Crippen LogP contribution in [0.4, 0.5) is 0 Å². The number of primary sulfonamides is 1. The van der Waals surface area contributed by atoms with Crippen LogP contribution in [0.15, 0.2) is 64.5 Å². The SMILES string of the molecule is CCNC(=NCc1ccc(S(N)(=O)=O)cc1)NCCCOC(C)c1ccccc1.I. The Morgan fingerprint density at radius 1 is 1.10 bits per heavy atom. The van der Waals surface area contributed by atoms with Crippen molar-refractivity contribution in [2.45, 2.75) is 37.8 Å². The van der Waals surface area contributed by atoms with E-state index in [9.17, 15) is 8.42 Å². The first kappa shape index (κ1) is 26.3. The molecule has 166 valence electrons. The number of hydrogen-bond acceptors (Lipinski definition) is 4. The Hall–Kier alpha value is -1.69. The molecule has 2 aromatic rings. The van der Waals surface area contributed by atoms with Gasteiger partial charge in [-0.3, -0.25) is 0 Å². The lowest BCUT2D eigenvalue weighted by molar-refractivity contribution is 0.0646. The van der Waals surface area contributed by atoms with Crippen LogP contribution in [0.3, 0.4) is 0 Å². The van der Waals surface area contributed by atoms with Gasteiger partial charge in [-0.1, -0.05) is 42.5 Å². The zero-order chi connectivity index (χ0) is 21.1. The minimum absolute atomic E-state index is 0. The standard InChI is InChI=1S/C21H30N4O3S.HI/c1-3-23-21(25-16-18-10-12-20(13-11-18)29(22,26)27)24-14-7-15-28-17(2)19-8-5-4-6-9-19;/h4-6,8-13,17H,3,7,14-16H2,1-2H3,(H2,22,26,27)(H2,23,24,25);1H. The minimum atomic E-state index is -3.67. The van der Waals surface area contributed by atoms with E-state index in [0.717, 1.165) is 25.1 Å². The maximum absolute atomic E-state index is 11.3. The maximum atomic E-state index is 11.3. The van der Waals surface area contributed by atoms with E-state index in [1.807, 2.05) is 25.1 Å². The molecule has 0 bridgehead atoms. The predicted octanol–water partition coefficient (Wildman–Crippen LogP) is 3.18. The first-order valence-corrected chi connectivity index (χ1v) is 11.2. The summed E-state index contributed by atoms with van der Waals surface area (Å²) in [4.78, 5) is 4.63. The Labute approximate surface area is 196 Å². The van der Waals surface area contributed by atoms with Gasteiger partial charge in [-0.05, 0) is 43.5 Å². The summed E-state index contributed by atoms with van der Waals surface area (Å²) in [6.07, 6.45) is 0.920. The first-order chi connectivity index (χ1) is 13.9. The van der Waals surface area contributed by atoms with Crippen molar-refractivity contribution in [3.05, 3.63) is 65.7 Å². The van der Waals surface area contributed by atoms with Gasteiger partial charge in [0.05, 0.1) is 17.5 Å². The second-order valence-corrected chi connectivity index (χ2v) is 8.15. The molecule has 30 heavy (non-hydrogen) atoms. The summed E-state index contributed by atoms with van der Waals surface area (Å²) in [6, 6.07) is 16.6. The van der Waals surface area contributed by atoms with Crippen molar-refractivity contribution < 1.29 is 13.2 Å². The van der Waals surface area contributed by atoms with E-state index in [-0.39, 0.29) is 35.0 Å². The van der Waals surface area contributed by atoms with Crippen molar-refractivity contribution in [1.82, 2.24) is 10.6 Å². The molecule has 1 unspecified atom stereocenters. The minimum Gasteiger partial charge on any atom is -0.374 e. The van der Waals surface area contributed by atoms with Crippen molar-refractivity contribution in [2.24, 2.45) is 10.1 Å². The molecule has 0 radical (unpaired) electrons. The van der Waals surface area contributed by atoms with Gasteiger partial charge in [0.15, 0.2) is 5.96 Å². The highest BCUT2D eigenvalue weighted by Crippen LogP contribution is 2.15. The highest BCUT2D eigenvalue weighted by Gasteiger charge is 2.07. The van der Waals surface area contributed by atoms with Crippen LogP contribution >= 0.6 is 24.0 Å². The molecule has 4 N–H and O–H groups in total. The fourth-order valence-electron chi connectivity index (χ4n) is 2.66. The van der Waals surface area contributed by atoms with Gasteiger partial charge in [-0.2, -0.15) is 0 Å². The average molecular weight is 546 g/mol. The van der Waals surface area contributed by atoms with Crippen molar-refractivity contribution in [3.63, 3.8) is 0 Å². The second-order valence-electron chi connectivity index (χ2n) is 6.59. The molecule has 0 amide bonds. The van der Waals surface area contributed by atoms with E-state index in [0.29, 0.717) is 19.1 Å². The number of hydrogen-bond donors (Lipinski definition) is 3. The number of nitrogens with one attached hydrogen (secondary N) is 2. The van der Waals surface area contributed by atoms with E-state index in [1.165, 1.54) is 17.7 Å². The Kier molecular flexibility index (Phi) is 11.9. The van der Waals surface area contributed by atoms with Crippen LogP contribution < -0.4 is 15.8 Å². The zero-order valence-corrected chi connectivity index (χ0v) is 20.5. The zero-order valence-electron chi connectivity index (χ0n) is 17.4. The van der Waals surface area contributed by atoms with Crippen LogP contribution in [0.25, 0.3) is 0 Å². The smallest absolute Gasteiger partial charge is 0.238 e. The molecule has 0 heterocycles. The molecule has 0 spiro atoms. The van der Waals surface area contributed by atoms with Crippen LogP contribution in [0, 0.1) is 0 Å².